The van der Waals surface area contributed by atoms with Crippen molar-refractivity contribution in [2.45, 2.75) is 23.9 Å². The number of aromatic nitrogens is 3. The Morgan fingerprint density at radius 1 is 1.29 bits per heavy atom. The van der Waals surface area contributed by atoms with Gasteiger partial charge in [0.2, 0.25) is 0 Å². The van der Waals surface area contributed by atoms with E-state index in [2.05, 4.69) is 10.2 Å². The number of carbonyl (C=O) groups is 1. The lowest BCUT2D eigenvalue weighted by Crippen LogP contribution is -2.31. The Hall–Kier alpha value is -3.20. The number of amides is 1. The summed E-state index contributed by atoms with van der Waals surface area (Å²) >= 11 is 1.13. The van der Waals surface area contributed by atoms with Crippen molar-refractivity contribution in [3.63, 3.8) is 0 Å². The molecule has 0 saturated heterocycles. The van der Waals surface area contributed by atoms with Crippen LogP contribution in [-0.2, 0) is 7.05 Å². The van der Waals surface area contributed by atoms with Crippen LogP contribution in [0.5, 0.6) is 0 Å². The average Bonchev–Trinajstić information content (AvgIpc) is 3.08. The Kier molecular flexibility index (Phi) is 5.74. The van der Waals surface area contributed by atoms with E-state index in [-0.39, 0.29) is 17.2 Å². The SMILES string of the molecule is CCN(C(=O)c1ccc(Sc2nncn2C)c([N+](=O)[O-])c1)c1ccccc1C. The predicted octanol–water partition coefficient (Wildman–Crippen LogP) is 3.85. The molecule has 1 amide bonds. The van der Waals surface area contributed by atoms with Gasteiger partial charge in [0.15, 0.2) is 5.16 Å². The van der Waals surface area contributed by atoms with Crippen LogP contribution in [0, 0.1) is 17.0 Å². The van der Waals surface area contributed by atoms with E-state index in [1.54, 1.807) is 28.6 Å². The Bertz CT molecular complexity index is 1030. The highest BCUT2D eigenvalue weighted by atomic mass is 32.2. The summed E-state index contributed by atoms with van der Waals surface area (Å²) in [6, 6.07) is 12.1. The van der Waals surface area contributed by atoms with Gasteiger partial charge in [-0.15, -0.1) is 10.2 Å². The molecule has 0 saturated carbocycles. The third kappa shape index (κ3) is 3.89. The molecule has 0 spiro atoms. The monoisotopic (exact) mass is 397 g/mol. The maximum Gasteiger partial charge on any atom is 0.284 e. The summed E-state index contributed by atoms with van der Waals surface area (Å²) in [5, 5.41) is 19.8. The molecule has 144 valence electrons. The maximum absolute atomic E-state index is 13.1. The molecule has 8 nitrogen and oxygen atoms in total. The van der Waals surface area contributed by atoms with Crippen molar-refractivity contribution in [2.24, 2.45) is 7.05 Å². The fourth-order valence-corrected chi connectivity index (χ4v) is 3.64. The first-order chi connectivity index (χ1) is 13.4. The average molecular weight is 397 g/mol. The van der Waals surface area contributed by atoms with Crippen LogP contribution in [0.25, 0.3) is 0 Å². The van der Waals surface area contributed by atoms with Gasteiger partial charge >= 0.3 is 0 Å². The number of rotatable bonds is 6. The van der Waals surface area contributed by atoms with Gasteiger partial charge in [-0.05, 0) is 49.4 Å². The van der Waals surface area contributed by atoms with Crippen molar-refractivity contribution in [2.75, 3.05) is 11.4 Å². The standard InChI is InChI=1S/C19H19N5O3S/c1-4-23(15-8-6-5-7-13(15)2)18(25)14-9-10-17(16(11-14)24(26)27)28-19-21-20-12-22(19)3/h5-12H,4H2,1-3H3. The molecular weight excluding hydrogens is 378 g/mol. The maximum atomic E-state index is 13.1. The Balaban J connectivity index is 1.97. The van der Waals surface area contributed by atoms with Gasteiger partial charge in [0.25, 0.3) is 11.6 Å². The number of benzene rings is 2. The molecule has 1 aromatic heterocycles. The molecule has 28 heavy (non-hydrogen) atoms. The second-order valence-electron chi connectivity index (χ2n) is 6.10. The molecule has 0 radical (unpaired) electrons. The smallest absolute Gasteiger partial charge is 0.284 e. The Labute approximate surface area is 166 Å². The largest absolute Gasteiger partial charge is 0.311 e. The first kappa shape index (κ1) is 19.6. The molecule has 0 aliphatic carbocycles. The summed E-state index contributed by atoms with van der Waals surface area (Å²) in [5.74, 6) is -0.282. The van der Waals surface area contributed by atoms with Crippen LogP contribution in [0.2, 0.25) is 0 Å². The molecule has 9 heteroatoms. The van der Waals surface area contributed by atoms with Crippen LogP contribution in [0.15, 0.2) is 58.8 Å². The lowest BCUT2D eigenvalue weighted by molar-refractivity contribution is -0.387. The minimum Gasteiger partial charge on any atom is -0.311 e. The number of para-hydroxylation sites is 1. The fraction of sp³-hybridized carbons (Fsp3) is 0.211. The molecule has 3 rings (SSSR count). The van der Waals surface area contributed by atoms with E-state index < -0.39 is 4.92 Å². The molecule has 0 aliphatic rings. The summed E-state index contributed by atoms with van der Waals surface area (Å²) < 4.78 is 1.67. The number of hydrogen-bond acceptors (Lipinski definition) is 6. The van der Waals surface area contributed by atoms with Crippen LogP contribution in [0.1, 0.15) is 22.8 Å². The van der Waals surface area contributed by atoms with E-state index >= 15 is 0 Å². The van der Waals surface area contributed by atoms with Gasteiger partial charge in [-0.3, -0.25) is 14.9 Å². The number of hydrogen-bond donors (Lipinski definition) is 0. The third-order valence-electron chi connectivity index (χ3n) is 4.24. The molecule has 0 unspecified atom stereocenters. The van der Waals surface area contributed by atoms with E-state index in [0.717, 1.165) is 23.0 Å². The van der Waals surface area contributed by atoms with Gasteiger partial charge in [0.05, 0.1) is 9.82 Å². The molecular formula is C19H19N5O3S. The summed E-state index contributed by atoms with van der Waals surface area (Å²) in [7, 11) is 1.76. The Morgan fingerprint density at radius 2 is 2.04 bits per heavy atom. The van der Waals surface area contributed by atoms with Gasteiger partial charge in [0, 0.05) is 30.9 Å². The van der Waals surface area contributed by atoms with E-state index in [0.29, 0.717) is 16.6 Å². The molecule has 0 N–H and O–H groups in total. The number of nitrogens with zero attached hydrogens (tertiary/aromatic N) is 5. The van der Waals surface area contributed by atoms with Gasteiger partial charge < -0.3 is 9.47 Å². The van der Waals surface area contributed by atoms with Crippen LogP contribution < -0.4 is 4.90 Å². The lowest BCUT2D eigenvalue weighted by atomic mass is 10.1. The highest BCUT2D eigenvalue weighted by Crippen LogP contribution is 2.34. The van der Waals surface area contributed by atoms with Crippen LogP contribution in [0.3, 0.4) is 0 Å². The summed E-state index contributed by atoms with van der Waals surface area (Å²) in [6.07, 6.45) is 1.52. The zero-order valence-corrected chi connectivity index (χ0v) is 16.5. The normalized spacial score (nSPS) is 10.7. The van der Waals surface area contributed by atoms with Crippen LogP contribution in [0.4, 0.5) is 11.4 Å². The first-order valence-electron chi connectivity index (χ1n) is 8.60. The molecule has 3 aromatic rings. The van der Waals surface area contributed by atoms with Crippen molar-refractivity contribution >= 4 is 29.0 Å². The molecule has 0 bridgehead atoms. The molecule has 0 aliphatic heterocycles. The second kappa shape index (κ2) is 8.22. The zero-order chi connectivity index (χ0) is 20.3. The van der Waals surface area contributed by atoms with Gasteiger partial charge in [-0.2, -0.15) is 0 Å². The fourth-order valence-electron chi connectivity index (χ4n) is 2.79. The first-order valence-corrected chi connectivity index (χ1v) is 9.41. The highest BCUT2D eigenvalue weighted by molar-refractivity contribution is 7.99. The van der Waals surface area contributed by atoms with Crippen LogP contribution >= 0.6 is 11.8 Å². The number of anilines is 1. The van der Waals surface area contributed by atoms with E-state index in [9.17, 15) is 14.9 Å². The quantitative estimate of drug-likeness (QED) is 0.463. The molecule has 0 fully saturated rings. The van der Waals surface area contributed by atoms with Gasteiger partial charge in [-0.25, -0.2) is 0 Å². The number of nitro groups is 1. The number of nitro benzene ring substituents is 1. The van der Waals surface area contributed by atoms with Gasteiger partial charge in [0.1, 0.15) is 6.33 Å². The van der Waals surface area contributed by atoms with E-state index in [1.807, 2.05) is 38.1 Å². The van der Waals surface area contributed by atoms with Crippen molar-refractivity contribution in [1.29, 1.82) is 0 Å². The number of aryl methyl sites for hydroxylation is 2. The highest BCUT2D eigenvalue weighted by Gasteiger charge is 2.23. The number of carbonyl (C=O) groups excluding carboxylic acids is 1. The minimum atomic E-state index is -0.487. The van der Waals surface area contributed by atoms with Crippen LogP contribution in [-0.4, -0.2) is 32.1 Å². The zero-order valence-electron chi connectivity index (χ0n) is 15.7. The molecule has 0 atom stereocenters. The summed E-state index contributed by atoms with van der Waals surface area (Å²) in [4.78, 5) is 26.2. The third-order valence-corrected chi connectivity index (χ3v) is 5.36. The summed E-state index contributed by atoms with van der Waals surface area (Å²) in [6.45, 7) is 4.25. The molecule has 2 aromatic carbocycles. The minimum absolute atomic E-state index is 0.139. The second-order valence-corrected chi connectivity index (χ2v) is 7.11. The van der Waals surface area contributed by atoms with E-state index in [4.69, 9.17) is 0 Å². The van der Waals surface area contributed by atoms with Crippen molar-refractivity contribution in [1.82, 2.24) is 14.8 Å². The van der Waals surface area contributed by atoms with Crippen molar-refractivity contribution in [3.8, 4) is 0 Å². The van der Waals surface area contributed by atoms with E-state index in [1.165, 1.54) is 12.4 Å². The Morgan fingerprint density at radius 3 is 2.64 bits per heavy atom. The lowest BCUT2D eigenvalue weighted by Gasteiger charge is -2.23. The van der Waals surface area contributed by atoms with Gasteiger partial charge in [-0.1, -0.05) is 18.2 Å². The summed E-state index contributed by atoms with van der Waals surface area (Å²) in [5.41, 5.74) is 1.87. The molecule has 1 heterocycles. The van der Waals surface area contributed by atoms with Crippen molar-refractivity contribution in [3.05, 3.63) is 70.0 Å². The van der Waals surface area contributed by atoms with Crippen molar-refractivity contribution < 1.29 is 9.72 Å². The predicted molar refractivity (Wildman–Crippen MR) is 107 cm³/mol. The topological polar surface area (TPSA) is 94.2 Å².